The molecule has 2 rings (SSSR count). The molecule has 0 heterocycles. The number of halogens is 1. The maximum Gasteiger partial charge on any atom is 0.125 e. The summed E-state index contributed by atoms with van der Waals surface area (Å²) < 4.78 is 12.9. The zero-order chi connectivity index (χ0) is 10.7. The quantitative estimate of drug-likeness (QED) is 0.803. The Morgan fingerprint density at radius 2 is 2.07 bits per heavy atom. The molecule has 2 nitrogen and oxygen atoms in total. The molecular formula is C12H13FN2. The predicted octanol–water partition coefficient (Wildman–Crippen LogP) is 3.07. The van der Waals surface area contributed by atoms with E-state index < -0.39 is 5.54 Å². The van der Waals surface area contributed by atoms with Crippen molar-refractivity contribution >= 4 is 5.69 Å². The minimum absolute atomic E-state index is 0.272. The van der Waals surface area contributed by atoms with Gasteiger partial charge < -0.3 is 5.32 Å². The number of anilines is 1. The molecular weight excluding hydrogens is 191 g/mol. The summed E-state index contributed by atoms with van der Waals surface area (Å²) in [4.78, 5) is 0. The molecule has 1 aromatic carbocycles. The third kappa shape index (κ3) is 2.10. The highest BCUT2D eigenvalue weighted by Crippen LogP contribution is 2.32. The van der Waals surface area contributed by atoms with Crippen LogP contribution in [0.5, 0.6) is 0 Å². The van der Waals surface area contributed by atoms with Crippen molar-refractivity contribution in [3.05, 3.63) is 30.1 Å². The standard InChI is InChI=1S/C12H13FN2/c13-10-4-3-5-11(8-10)15-12(9-14)6-1-2-7-12/h3-5,8,15H,1-2,6-7H2. The highest BCUT2D eigenvalue weighted by molar-refractivity contribution is 5.48. The Morgan fingerprint density at radius 1 is 1.33 bits per heavy atom. The van der Waals surface area contributed by atoms with Crippen molar-refractivity contribution in [3.8, 4) is 6.07 Å². The first-order chi connectivity index (χ1) is 7.24. The lowest BCUT2D eigenvalue weighted by molar-refractivity contribution is 0.607. The van der Waals surface area contributed by atoms with Crippen LogP contribution >= 0.6 is 0 Å². The monoisotopic (exact) mass is 204 g/mol. The molecule has 1 fully saturated rings. The Hall–Kier alpha value is -1.56. The topological polar surface area (TPSA) is 35.8 Å². The molecule has 0 bridgehead atoms. The largest absolute Gasteiger partial charge is 0.367 e. The van der Waals surface area contributed by atoms with E-state index in [-0.39, 0.29) is 5.82 Å². The van der Waals surface area contributed by atoms with Crippen molar-refractivity contribution in [2.45, 2.75) is 31.2 Å². The molecule has 3 heteroatoms. The van der Waals surface area contributed by atoms with Gasteiger partial charge in [0.1, 0.15) is 11.4 Å². The zero-order valence-electron chi connectivity index (χ0n) is 8.46. The summed E-state index contributed by atoms with van der Waals surface area (Å²) in [5, 5.41) is 12.3. The molecule has 1 aliphatic carbocycles. The Labute approximate surface area is 88.7 Å². The second-order valence-electron chi connectivity index (χ2n) is 4.04. The van der Waals surface area contributed by atoms with Crippen LogP contribution in [-0.4, -0.2) is 5.54 Å². The molecule has 0 saturated heterocycles. The Balaban J connectivity index is 2.17. The third-order valence-electron chi connectivity index (χ3n) is 2.88. The summed E-state index contributed by atoms with van der Waals surface area (Å²) in [5.41, 5.74) is 0.215. The van der Waals surface area contributed by atoms with E-state index in [4.69, 9.17) is 5.26 Å². The van der Waals surface area contributed by atoms with Crippen molar-refractivity contribution in [1.82, 2.24) is 0 Å². The van der Waals surface area contributed by atoms with Crippen LogP contribution in [0.2, 0.25) is 0 Å². The van der Waals surface area contributed by atoms with Crippen LogP contribution in [0.4, 0.5) is 10.1 Å². The summed E-state index contributed by atoms with van der Waals surface area (Å²) in [6, 6.07) is 8.58. The number of benzene rings is 1. The molecule has 78 valence electrons. The van der Waals surface area contributed by atoms with E-state index in [1.807, 2.05) is 0 Å². The second kappa shape index (κ2) is 3.90. The minimum Gasteiger partial charge on any atom is -0.367 e. The molecule has 15 heavy (non-hydrogen) atoms. The van der Waals surface area contributed by atoms with Crippen LogP contribution in [0.25, 0.3) is 0 Å². The van der Waals surface area contributed by atoms with E-state index >= 15 is 0 Å². The molecule has 1 N–H and O–H groups in total. The summed E-state index contributed by atoms with van der Waals surface area (Å²) in [7, 11) is 0. The second-order valence-corrected chi connectivity index (χ2v) is 4.04. The summed E-state index contributed by atoms with van der Waals surface area (Å²) in [6.45, 7) is 0. The van der Waals surface area contributed by atoms with Crippen LogP contribution in [0, 0.1) is 17.1 Å². The molecule has 0 aliphatic heterocycles. The number of hydrogen-bond donors (Lipinski definition) is 1. The molecule has 1 aliphatic rings. The molecule has 1 aromatic rings. The summed E-state index contributed by atoms with van der Waals surface area (Å²) in [6.07, 6.45) is 3.83. The molecule has 0 spiro atoms. The van der Waals surface area contributed by atoms with Gasteiger partial charge in [-0.15, -0.1) is 0 Å². The molecule has 0 radical (unpaired) electrons. The first-order valence-electron chi connectivity index (χ1n) is 5.19. The van der Waals surface area contributed by atoms with Gasteiger partial charge in [0.2, 0.25) is 0 Å². The van der Waals surface area contributed by atoms with Crippen LogP contribution < -0.4 is 5.32 Å². The fourth-order valence-electron chi connectivity index (χ4n) is 2.09. The fourth-order valence-corrected chi connectivity index (χ4v) is 2.09. The van der Waals surface area contributed by atoms with Gasteiger partial charge in [0.15, 0.2) is 0 Å². The van der Waals surface area contributed by atoms with E-state index in [1.54, 1.807) is 12.1 Å². The van der Waals surface area contributed by atoms with E-state index in [2.05, 4.69) is 11.4 Å². The molecule has 0 aromatic heterocycles. The smallest absolute Gasteiger partial charge is 0.125 e. The maximum atomic E-state index is 12.9. The van der Waals surface area contributed by atoms with E-state index in [9.17, 15) is 4.39 Å². The minimum atomic E-state index is -0.478. The average Bonchev–Trinajstić information content (AvgIpc) is 2.67. The maximum absolute atomic E-state index is 12.9. The number of nitriles is 1. The SMILES string of the molecule is N#CC1(Nc2cccc(F)c2)CCCC1. The first-order valence-corrected chi connectivity index (χ1v) is 5.19. The van der Waals surface area contributed by atoms with Crippen LogP contribution in [0.15, 0.2) is 24.3 Å². The van der Waals surface area contributed by atoms with Gasteiger partial charge >= 0.3 is 0 Å². The molecule has 0 amide bonds. The zero-order valence-corrected chi connectivity index (χ0v) is 8.46. The van der Waals surface area contributed by atoms with Crippen LogP contribution in [0.3, 0.4) is 0 Å². The van der Waals surface area contributed by atoms with Gasteiger partial charge in [-0.2, -0.15) is 5.26 Å². The number of nitrogens with one attached hydrogen (secondary N) is 1. The lowest BCUT2D eigenvalue weighted by Gasteiger charge is -2.23. The number of hydrogen-bond acceptors (Lipinski definition) is 2. The van der Waals surface area contributed by atoms with Crippen molar-refractivity contribution in [2.75, 3.05) is 5.32 Å². The summed E-state index contributed by atoms with van der Waals surface area (Å²) in [5.74, 6) is -0.272. The van der Waals surface area contributed by atoms with E-state index in [0.29, 0.717) is 5.69 Å². The van der Waals surface area contributed by atoms with Crippen molar-refractivity contribution in [3.63, 3.8) is 0 Å². The Bertz CT molecular complexity index is 389. The normalized spacial score (nSPS) is 18.4. The van der Waals surface area contributed by atoms with Gasteiger partial charge in [0.05, 0.1) is 6.07 Å². The Morgan fingerprint density at radius 3 is 2.67 bits per heavy atom. The van der Waals surface area contributed by atoms with Gasteiger partial charge in [-0.05, 0) is 43.9 Å². The fraction of sp³-hybridized carbons (Fsp3) is 0.417. The lowest BCUT2D eigenvalue weighted by atomic mass is 9.99. The van der Waals surface area contributed by atoms with Crippen molar-refractivity contribution < 1.29 is 4.39 Å². The number of nitrogens with zero attached hydrogens (tertiary/aromatic N) is 1. The first kappa shape index (κ1) is 9.97. The van der Waals surface area contributed by atoms with Crippen LogP contribution in [0.1, 0.15) is 25.7 Å². The molecule has 0 atom stereocenters. The number of rotatable bonds is 2. The third-order valence-corrected chi connectivity index (χ3v) is 2.88. The predicted molar refractivity (Wildman–Crippen MR) is 56.8 cm³/mol. The lowest BCUT2D eigenvalue weighted by Crippen LogP contribution is -2.32. The highest BCUT2D eigenvalue weighted by atomic mass is 19.1. The van der Waals surface area contributed by atoms with Gasteiger partial charge in [0.25, 0.3) is 0 Å². The molecule has 1 saturated carbocycles. The van der Waals surface area contributed by atoms with Crippen molar-refractivity contribution in [1.29, 1.82) is 5.26 Å². The van der Waals surface area contributed by atoms with E-state index in [0.717, 1.165) is 25.7 Å². The van der Waals surface area contributed by atoms with Gasteiger partial charge in [0, 0.05) is 5.69 Å². The van der Waals surface area contributed by atoms with Gasteiger partial charge in [-0.3, -0.25) is 0 Å². The summed E-state index contributed by atoms with van der Waals surface area (Å²) >= 11 is 0. The van der Waals surface area contributed by atoms with Crippen LogP contribution in [-0.2, 0) is 0 Å². The molecule has 0 unspecified atom stereocenters. The van der Waals surface area contributed by atoms with E-state index in [1.165, 1.54) is 12.1 Å². The van der Waals surface area contributed by atoms with Gasteiger partial charge in [-0.25, -0.2) is 4.39 Å². The van der Waals surface area contributed by atoms with Crippen molar-refractivity contribution in [2.24, 2.45) is 0 Å². The average molecular weight is 204 g/mol. The highest BCUT2D eigenvalue weighted by Gasteiger charge is 2.33. The Kier molecular flexibility index (Phi) is 2.59. The van der Waals surface area contributed by atoms with Gasteiger partial charge in [-0.1, -0.05) is 6.07 Å².